The fourth-order valence-electron chi connectivity index (χ4n) is 2.46. The fraction of sp³-hybridized carbons (Fsp3) is 0.643. The SMILES string of the molecule is Cn1cc(NC2CCC(C)(C)CC2)ccc1=O. The maximum Gasteiger partial charge on any atom is 0.250 e. The Morgan fingerprint density at radius 2 is 1.94 bits per heavy atom. The summed E-state index contributed by atoms with van der Waals surface area (Å²) < 4.78 is 1.62. The van der Waals surface area contributed by atoms with Gasteiger partial charge in [-0.25, -0.2) is 0 Å². The van der Waals surface area contributed by atoms with Gasteiger partial charge in [-0.15, -0.1) is 0 Å². The van der Waals surface area contributed by atoms with Gasteiger partial charge in [-0.2, -0.15) is 0 Å². The van der Waals surface area contributed by atoms with E-state index in [4.69, 9.17) is 0 Å². The standard InChI is InChI=1S/C14H22N2O/c1-14(2)8-6-11(7-9-14)15-12-4-5-13(17)16(3)10-12/h4-5,10-11,15H,6-9H2,1-3H3. The van der Waals surface area contributed by atoms with Crippen LogP contribution in [0.2, 0.25) is 0 Å². The summed E-state index contributed by atoms with van der Waals surface area (Å²) >= 11 is 0. The number of nitrogens with one attached hydrogen (secondary N) is 1. The highest BCUT2D eigenvalue weighted by atomic mass is 16.1. The van der Waals surface area contributed by atoms with Gasteiger partial charge in [0.15, 0.2) is 0 Å². The Labute approximate surface area is 103 Å². The van der Waals surface area contributed by atoms with Crippen molar-refractivity contribution < 1.29 is 0 Å². The molecule has 0 unspecified atom stereocenters. The summed E-state index contributed by atoms with van der Waals surface area (Å²) in [5.41, 5.74) is 1.60. The van der Waals surface area contributed by atoms with Crippen molar-refractivity contribution in [1.29, 1.82) is 0 Å². The van der Waals surface area contributed by atoms with E-state index in [1.54, 1.807) is 17.7 Å². The van der Waals surface area contributed by atoms with E-state index in [9.17, 15) is 4.79 Å². The van der Waals surface area contributed by atoms with Crippen LogP contribution in [0.4, 0.5) is 5.69 Å². The highest BCUT2D eigenvalue weighted by Crippen LogP contribution is 2.35. The van der Waals surface area contributed by atoms with Gasteiger partial charge in [-0.1, -0.05) is 13.8 Å². The van der Waals surface area contributed by atoms with Gasteiger partial charge in [0.05, 0.1) is 5.69 Å². The first kappa shape index (κ1) is 12.2. The van der Waals surface area contributed by atoms with Crippen molar-refractivity contribution in [1.82, 2.24) is 4.57 Å². The summed E-state index contributed by atoms with van der Waals surface area (Å²) in [7, 11) is 1.79. The molecule has 0 aromatic carbocycles. The molecule has 1 aliphatic carbocycles. The number of hydrogen-bond acceptors (Lipinski definition) is 2. The summed E-state index contributed by atoms with van der Waals surface area (Å²) in [6.45, 7) is 4.69. The Bertz CT molecular complexity index is 438. The average Bonchev–Trinajstić information content (AvgIpc) is 2.27. The number of nitrogens with zero attached hydrogens (tertiary/aromatic N) is 1. The van der Waals surface area contributed by atoms with Crippen LogP contribution in [0, 0.1) is 5.41 Å². The molecule has 0 radical (unpaired) electrons. The predicted molar refractivity (Wildman–Crippen MR) is 71.3 cm³/mol. The highest BCUT2D eigenvalue weighted by Gasteiger charge is 2.26. The molecule has 0 aliphatic heterocycles. The van der Waals surface area contributed by atoms with Gasteiger partial charge in [0, 0.05) is 25.4 Å². The molecular formula is C14H22N2O. The second-order valence-corrected chi connectivity index (χ2v) is 5.95. The lowest BCUT2D eigenvalue weighted by atomic mass is 9.75. The van der Waals surface area contributed by atoms with Crippen LogP contribution in [0.25, 0.3) is 0 Å². The number of hydrogen-bond donors (Lipinski definition) is 1. The van der Waals surface area contributed by atoms with Gasteiger partial charge in [-0.3, -0.25) is 4.79 Å². The predicted octanol–water partition coefficient (Wildman–Crippen LogP) is 2.77. The smallest absolute Gasteiger partial charge is 0.250 e. The molecule has 3 heteroatoms. The topological polar surface area (TPSA) is 34.0 Å². The number of rotatable bonds is 2. The monoisotopic (exact) mass is 234 g/mol. The summed E-state index contributed by atoms with van der Waals surface area (Å²) in [4.78, 5) is 11.3. The zero-order valence-corrected chi connectivity index (χ0v) is 11.0. The number of aryl methyl sites for hydroxylation is 1. The van der Waals surface area contributed by atoms with E-state index >= 15 is 0 Å². The van der Waals surface area contributed by atoms with Crippen molar-refractivity contribution in [3.8, 4) is 0 Å². The normalized spacial score (nSPS) is 20.2. The second-order valence-electron chi connectivity index (χ2n) is 5.95. The highest BCUT2D eigenvalue weighted by molar-refractivity contribution is 5.41. The fourth-order valence-corrected chi connectivity index (χ4v) is 2.46. The molecule has 94 valence electrons. The van der Waals surface area contributed by atoms with Crippen LogP contribution in [0.5, 0.6) is 0 Å². The van der Waals surface area contributed by atoms with Crippen LogP contribution in [0.1, 0.15) is 39.5 Å². The van der Waals surface area contributed by atoms with Crippen molar-refractivity contribution in [2.24, 2.45) is 12.5 Å². The van der Waals surface area contributed by atoms with Crippen molar-refractivity contribution in [2.45, 2.75) is 45.6 Å². The van der Waals surface area contributed by atoms with Gasteiger partial charge >= 0.3 is 0 Å². The average molecular weight is 234 g/mol. The van der Waals surface area contributed by atoms with Gasteiger partial charge in [0.2, 0.25) is 5.56 Å². The molecule has 1 saturated carbocycles. The minimum absolute atomic E-state index is 0.0420. The summed E-state index contributed by atoms with van der Waals surface area (Å²) in [6.07, 6.45) is 6.86. The molecule has 2 rings (SSSR count). The first-order valence-electron chi connectivity index (χ1n) is 6.39. The Kier molecular flexibility index (Phi) is 3.27. The van der Waals surface area contributed by atoms with Crippen molar-refractivity contribution in [2.75, 3.05) is 5.32 Å². The number of aromatic nitrogens is 1. The van der Waals surface area contributed by atoms with Gasteiger partial charge in [0.25, 0.3) is 0 Å². The van der Waals surface area contributed by atoms with E-state index in [0.29, 0.717) is 11.5 Å². The van der Waals surface area contributed by atoms with Crippen LogP contribution >= 0.6 is 0 Å². The van der Waals surface area contributed by atoms with E-state index in [0.717, 1.165) is 5.69 Å². The molecule has 3 nitrogen and oxygen atoms in total. The molecule has 1 fully saturated rings. The Balaban J connectivity index is 1.98. The molecule has 0 bridgehead atoms. The van der Waals surface area contributed by atoms with Gasteiger partial charge in [-0.05, 0) is 37.2 Å². The lowest BCUT2D eigenvalue weighted by Crippen LogP contribution is -2.30. The lowest BCUT2D eigenvalue weighted by molar-refractivity contribution is 0.232. The zero-order valence-electron chi connectivity index (χ0n) is 11.0. The molecule has 0 spiro atoms. The second kappa shape index (κ2) is 4.55. The molecule has 0 atom stereocenters. The first-order chi connectivity index (χ1) is 7.96. The quantitative estimate of drug-likeness (QED) is 0.853. The molecule has 0 saturated heterocycles. The Hall–Kier alpha value is -1.25. The van der Waals surface area contributed by atoms with Crippen molar-refractivity contribution in [3.63, 3.8) is 0 Å². The summed E-state index contributed by atoms with van der Waals surface area (Å²) in [5.74, 6) is 0. The summed E-state index contributed by atoms with van der Waals surface area (Å²) in [6, 6.07) is 4.05. The molecular weight excluding hydrogens is 212 g/mol. The van der Waals surface area contributed by atoms with Crippen LogP contribution in [0.15, 0.2) is 23.1 Å². The molecule has 1 heterocycles. The van der Waals surface area contributed by atoms with Crippen molar-refractivity contribution in [3.05, 3.63) is 28.7 Å². The van der Waals surface area contributed by atoms with E-state index in [2.05, 4.69) is 19.2 Å². The summed E-state index contributed by atoms with van der Waals surface area (Å²) in [5, 5.41) is 3.53. The third-order valence-electron chi connectivity index (χ3n) is 3.80. The zero-order chi connectivity index (χ0) is 12.5. The number of pyridine rings is 1. The van der Waals surface area contributed by atoms with Crippen LogP contribution in [-0.2, 0) is 7.05 Å². The third kappa shape index (κ3) is 3.11. The minimum atomic E-state index is 0.0420. The van der Waals surface area contributed by atoms with Gasteiger partial charge < -0.3 is 9.88 Å². The van der Waals surface area contributed by atoms with E-state index in [1.165, 1.54) is 25.7 Å². The minimum Gasteiger partial charge on any atom is -0.381 e. The van der Waals surface area contributed by atoms with Gasteiger partial charge in [0.1, 0.15) is 0 Å². The van der Waals surface area contributed by atoms with E-state index in [1.807, 2.05) is 12.3 Å². The first-order valence-corrected chi connectivity index (χ1v) is 6.39. The maximum absolute atomic E-state index is 11.3. The van der Waals surface area contributed by atoms with Crippen LogP contribution in [-0.4, -0.2) is 10.6 Å². The molecule has 17 heavy (non-hydrogen) atoms. The maximum atomic E-state index is 11.3. The number of anilines is 1. The molecule has 1 aromatic heterocycles. The molecule has 0 amide bonds. The lowest BCUT2D eigenvalue weighted by Gasteiger charge is -2.35. The Morgan fingerprint density at radius 1 is 1.29 bits per heavy atom. The van der Waals surface area contributed by atoms with Crippen LogP contribution < -0.4 is 10.9 Å². The molecule has 1 N–H and O–H groups in total. The largest absolute Gasteiger partial charge is 0.381 e. The van der Waals surface area contributed by atoms with E-state index in [-0.39, 0.29) is 5.56 Å². The van der Waals surface area contributed by atoms with Crippen LogP contribution in [0.3, 0.4) is 0 Å². The van der Waals surface area contributed by atoms with Crippen molar-refractivity contribution >= 4 is 5.69 Å². The molecule has 1 aromatic rings. The van der Waals surface area contributed by atoms with E-state index < -0.39 is 0 Å². The Morgan fingerprint density at radius 3 is 2.53 bits per heavy atom. The third-order valence-corrected chi connectivity index (χ3v) is 3.80. The molecule has 1 aliphatic rings.